The summed E-state index contributed by atoms with van der Waals surface area (Å²) in [6, 6.07) is 4.97. The molecule has 4 aromatic rings. The van der Waals surface area contributed by atoms with Crippen LogP contribution in [0.15, 0.2) is 24.3 Å². The van der Waals surface area contributed by atoms with Crippen LogP contribution in [0.5, 0.6) is 11.8 Å². The quantitative estimate of drug-likeness (QED) is 0.312. The van der Waals surface area contributed by atoms with Crippen molar-refractivity contribution in [3.8, 4) is 35.4 Å². The number of aryl methyl sites for hydroxylation is 1. The molecule has 0 saturated carbocycles. The number of rotatable bonds is 5. The number of fused-ring (bicyclic) bond motifs is 2. The highest BCUT2D eigenvalue weighted by atomic mass is 19.1. The first-order valence-corrected chi connectivity index (χ1v) is 14.9. The number of aromatic hydroxyl groups is 1. The Morgan fingerprint density at radius 1 is 1.20 bits per heavy atom. The number of anilines is 1. The van der Waals surface area contributed by atoms with Crippen molar-refractivity contribution < 1.29 is 28.1 Å². The Balaban J connectivity index is 1.44. The van der Waals surface area contributed by atoms with Crippen molar-refractivity contribution in [1.82, 2.24) is 19.9 Å². The van der Waals surface area contributed by atoms with Gasteiger partial charge in [-0.1, -0.05) is 12.0 Å². The summed E-state index contributed by atoms with van der Waals surface area (Å²) in [6.07, 6.45) is 6.91. The number of likely N-dealkylation sites (N-methyl/N-ethyl adjacent to an activating group) is 1. The molecule has 4 atom stereocenters. The van der Waals surface area contributed by atoms with Crippen LogP contribution in [0.4, 0.5) is 19.0 Å². The number of benzene rings is 2. The van der Waals surface area contributed by atoms with E-state index in [-0.39, 0.29) is 52.1 Å². The average molecular weight is 604 g/mol. The number of terminal acetylenes is 1. The van der Waals surface area contributed by atoms with E-state index in [9.17, 15) is 19.0 Å². The number of aliphatic hydroxyl groups is 1. The van der Waals surface area contributed by atoms with Gasteiger partial charge in [-0.3, -0.25) is 4.90 Å². The van der Waals surface area contributed by atoms with Gasteiger partial charge in [0.25, 0.3) is 0 Å². The largest absolute Gasteiger partial charge is 0.508 e. The molecule has 3 aliphatic heterocycles. The summed E-state index contributed by atoms with van der Waals surface area (Å²) in [5.74, 6) is 1.08. The molecule has 3 aliphatic rings. The molecular formula is C33H32F3N5O3. The first-order valence-electron chi connectivity index (χ1n) is 14.9. The predicted molar refractivity (Wildman–Crippen MR) is 161 cm³/mol. The molecule has 5 heterocycles. The molecule has 8 nitrogen and oxygen atoms in total. The van der Waals surface area contributed by atoms with Crippen LogP contribution < -0.4 is 9.64 Å². The third kappa shape index (κ3) is 4.42. The lowest BCUT2D eigenvalue weighted by Gasteiger charge is -2.32. The number of aromatic nitrogens is 3. The van der Waals surface area contributed by atoms with Gasteiger partial charge in [0, 0.05) is 31.0 Å². The second-order valence-corrected chi connectivity index (χ2v) is 12.3. The van der Waals surface area contributed by atoms with Gasteiger partial charge in [0.05, 0.1) is 34.3 Å². The van der Waals surface area contributed by atoms with E-state index in [1.165, 1.54) is 24.3 Å². The Bertz CT molecular complexity index is 1860. The van der Waals surface area contributed by atoms with E-state index >= 15 is 4.39 Å². The van der Waals surface area contributed by atoms with Crippen LogP contribution in [0.3, 0.4) is 0 Å². The molecule has 2 fully saturated rings. The minimum absolute atomic E-state index is 0.0613. The lowest BCUT2D eigenvalue weighted by atomic mass is 9.95. The highest BCUT2D eigenvalue weighted by Crippen LogP contribution is 2.43. The highest BCUT2D eigenvalue weighted by Gasteiger charge is 2.49. The molecular weight excluding hydrogens is 571 g/mol. The SMILES string of the molecule is C#Cc1c(F)ccc2cc(O)cc(-c3nc4c5c(nc(OC[C@@]67CCCN6C[C@H](F)C7)nc5c3F)N(C)[C@@H]([C@@H](C)O)CC4)c12. The third-order valence-electron chi connectivity index (χ3n) is 9.57. The fourth-order valence-electron chi connectivity index (χ4n) is 7.49. The zero-order valence-electron chi connectivity index (χ0n) is 24.4. The van der Waals surface area contributed by atoms with Gasteiger partial charge in [-0.25, -0.2) is 18.2 Å². The fraction of sp³-hybridized carbons (Fsp3) is 0.424. The van der Waals surface area contributed by atoms with Crippen molar-refractivity contribution in [2.24, 2.45) is 0 Å². The number of aliphatic hydroxyl groups excluding tert-OH is 1. The lowest BCUT2D eigenvalue weighted by Crippen LogP contribution is -2.43. The molecule has 44 heavy (non-hydrogen) atoms. The van der Waals surface area contributed by atoms with E-state index in [0.29, 0.717) is 48.1 Å². The van der Waals surface area contributed by atoms with Crippen LogP contribution in [-0.4, -0.2) is 80.7 Å². The smallest absolute Gasteiger partial charge is 0.319 e. The van der Waals surface area contributed by atoms with Crippen molar-refractivity contribution in [2.45, 2.75) is 62.9 Å². The minimum atomic E-state index is -0.942. The zero-order valence-corrected chi connectivity index (χ0v) is 24.4. The monoisotopic (exact) mass is 603 g/mol. The van der Waals surface area contributed by atoms with Crippen LogP contribution in [-0.2, 0) is 6.42 Å². The first-order chi connectivity index (χ1) is 21.1. The standard InChI is InChI=1S/C33H32F3N5O3/c1-4-21-23(35)7-6-18-12-20(43)13-22(26(18)21)29-28(36)30-27-24(37-29)8-9-25(17(2)42)40(3)31(27)39-32(38-30)44-16-33-10-5-11-41(33)15-19(34)14-33/h1,6-7,12-13,17,19,25,42-43H,5,8-11,14-16H2,2-3H3/t17-,19-,25-,33+/m1/s1. The molecule has 0 unspecified atom stereocenters. The predicted octanol–water partition coefficient (Wildman–Crippen LogP) is 4.90. The van der Waals surface area contributed by atoms with Crippen LogP contribution in [0.2, 0.25) is 0 Å². The number of phenolic OH excluding ortho intramolecular Hbond substituents is 1. The summed E-state index contributed by atoms with van der Waals surface area (Å²) in [6.45, 7) is 2.98. The summed E-state index contributed by atoms with van der Waals surface area (Å²) in [7, 11) is 1.77. The van der Waals surface area contributed by atoms with Gasteiger partial charge in [0.2, 0.25) is 0 Å². The van der Waals surface area contributed by atoms with Crippen LogP contribution in [0.25, 0.3) is 32.9 Å². The Morgan fingerprint density at radius 2 is 2.02 bits per heavy atom. The van der Waals surface area contributed by atoms with E-state index in [1.54, 1.807) is 18.9 Å². The van der Waals surface area contributed by atoms with Gasteiger partial charge in [0.15, 0.2) is 5.82 Å². The summed E-state index contributed by atoms with van der Waals surface area (Å²) >= 11 is 0. The fourth-order valence-corrected chi connectivity index (χ4v) is 7.49. The Morgan fingerprint density at radius 3 is 2.80 bits per heavy atom. The topological polar surface area (TPSA) is 94.8 Å². The van der Waals surface area contributed by atoms with Crippen molar-refractivity contribution in [1.29, 1.82) is 0 Å². The normalized spacial score (nSPS) is 24.0. The lowest BCUT2D eigenvalue weighted by molar-refractivity contribution is 0.107. The molecule has 0 bridgehead atoms. The molecule has 228 valence electrons. The number of alkyl halides is 1. The molecule has 7 rings (SSSR count). The second-order valence-electron chi connectivity index (χ2n) is 12.3. The maximum atomic E-state index is 16.8. The van der Waals surface area contributed by atoms with Gasteiger partial charge >= 0.3 is 6.01 Å². The molecule has 2 aromatic carbocycles. The minimum Gasteiger partial charge on any atom is -0.508 e. The zero-order chi connectivity index (χ0) is 30.9. The number of pyridine rings is 1. The molecule has 0 spiro atoms. The summed E-state index contributed by atoms with van der Waals surface area (Å²) in [5, 5.41) is 22.2. The van der Waals surface area contributed by atoms with E-state index in [4.69, 9.17) is 16.1 Å². The highest BCUT2D eigenvalue weighted by molar-refractivity contribution is 6.03. The van der Waals surface area contributed by atoms with E-state index < -0.39 is 29.4 Å². The third-order valence-corrected chi connectivity index (χ3v) is 9.57. The van der Waals surface area contributed by atoms with E-state index in [0.717, 1.165) is 19.4 Å². The van der Waals surface area contributed by atoms with Gasteiger partial charge in [0.1, 0.15) is 41.4 Å². The van der Waals surface area contributed by atoms with Crippen molar-refractivity contribution in [3.05, 3.63) is 47.2 Å². The summed E-state index contributed by atoms with van der Waals surface area (Å²) < 4.78 is 52.3. The molecule has 0 aliphatic carbocycles. The average Bonchev–Trinajstić information content (AvgIpc) is 3.47. The first kappa shape index (κ1) is 28.6. The number of nitrogens with zero attached hydrogens (tertiary/aromatic N) is 5. The number of hydrogen-bond donors (Lipinski definition) is 2. The summed E-state index contributed by atoms with van der Waals surface area (Å²) in [4.78, 5) is 17.9. The van der Waals surface area contributed by atoms with Gasteiger partial charge < -0.3 is 19.8 Å². The van der Waals surface area contributed by atoms with Crippen LogP contribution >= 0.6 is 0 Å². The van der Waals surface area contributed by atoms with Gasteiger partial charge in [-0.15, -0.1) is 6.42 Å². The second kappa shape index (κ2) is 10.5. The molecule has 2 saturated heterocycles. The number of ether oxygens (including phenoxy) is 1. The van der Waals surface area contributed by atoms with Crippen LogP contribution in [0, 0.1) is 24.0 Å². The van der Waals surface area contributed by atoms with Crippen molar-refractivity contribution in [3.63, 3.8) is 0 Å². The maximum absolute atomic E-state index is 16.8. The maximum Gasteiger partial charge on any atom is 0.319 e. The van der Waals surface area contributed by atoms with Gasteiger partial charge in [-0.2, -0.15) is 9.97 Å². The molecule has 11 heteroatoms. The van der Waals surface area contributed by atoms with Crippen molar-refractivity contribution >= 4 is 27.5 Å². The molecule has 0 amide bonds. The number of hydrogen-bond acceptors (Lipinski definition) is 8. The van der Waals surface area contributed by atoms with Crippen molar-refractivity contribution in [2.75, 3.05) is 31.6 Å². The Hall–Kier alpha value is -4.14. The van der Waals surface area contributed by atoms with Gasteiger partial charge in [-0.05, 0) is 62.7 Å². The Labute approximate surface area is 252 Å². The molecule has 0 radical (unpaired) electrons. The van der Waals surface area contributed by atoms with Crippen LogP contribution in [0.1, 0.15) is 43.9 Å². The summed E-state index contributed by atoms with van der Waals surface area (Å²) in [5.41, 5.74) is -0.150. The molecule has 2 N–H and O–H groups in total. The van der Waals surface area contributed by atoms with E-state index in [2.05, 4.69) is 20.8 Å². The number of halogens is 3. The van der Waals surface area contributed by atoms with E-state index in [1.807, 2.05) is 0 Å². The Kier molecular flexibility index (Phi) is 6.83. The number of phenols is 1. The molecule has 2 aromatic heterocycles.